The molecule has 1 aliphatic rings. The molecule has 0 radical (unpaired) electrons. The number of nitrogens with one attached hydrogen (secondary N) is 1. The maximum atomic E-state index is 13.4. The van der Waals surface area contributed by atoms with Crippen LogP contribution in [-0.2, 0) is 22.8 Å². The van der Waals surface area contributed by atoms with E-state index in [1.807, 2.05) is 43.3 Å². The first-order chi connectivity index (χ1) is 21.8. The van der Waals surface area contributed by atoms with Crippen molar-refractivity contribution in [2.45, 2.75) is 20.1 Å². The molecule has 0 unspecified atom stereocenters. The van der Waals surface area contributed by atoms with Gasteiger partial charge < -0.3 is 9.47 Å². The summed E-state index contributed by atoms with van der Waals surface area (Å²) in [6.45, 7) is 2.71. The highest BCUT2D eigenvalue weighted by atomic mass is 79.9. The maximum absolute atomic E-state index is 13.4. The second kappa shape index (κ2) is 13.0. The van der Waals surface area contributed by atoms with Crippen LogP contribution in [0.15, 0.2) is 113 Å². The van der Waals surface area contributed by atoms with Crippen LogP contribution < -0.4 is 19.7 Å². The van der Waals surface area contributed by atoms with Crippen LogP contribution in [0.1, 0.15) is 22.3 Å². The van der Waals surface area contributed by atoms with Crippen LogP contribution in [0.5, 0.6) is 11.5 Å². The monoisotopic (exact) mass is 680 g/mol. The average molecular weight is 682 g/mol. The Morgan fingerprint density at radius 1 is 0.844 bits per heavy atom. The minimum atomic E-state index is -0.837. The number of amides is 4. The molecule has 0 saturated carbocycles. The zero-order valence-corrected chi connectivity index (χ0v) is 26.4. The smallest absolute Gasteiger partial charge is 0.335 e. The number of carbonyl (C=O) groups excluding carboxylic acids is 3. The Labute approximate surface area is 273 Å². The second-order valence-electron chi connectivity index (χ2n) is 10.4. The van der Waals surface area contributed by atoms with Crippen molar-refractivity contribution in [3.63, 3.8) is 0 Å². The van der Waals surface area contributed by atoms with Gasteiger partial charge in [-0.05, 0) is 89.0 Å². The van der Waals surface area contributed by atoms with Gasteiger partial charge in [0.1, 0.15) is 30.3 Å². The van der Waals surface area contributed by atoms with E-state index >= 15 is 0 Å². The summed E-state index contributed by atoms with van der Waals surface area (Å²) in [6, 6.07) is 30.7. The fourth-order valence-corrected chi connectivity index (χ4v) is 5.52. The van der Waals surface area contributed by atoms with E-state index in [1.54, 1.807) is 42.5 Å². The largest absolute Gasteiger partial charge is 0.489 e. The number of fused-ring (bicyclic) bond motifs is 1. The molecule has 7 nitrogen and oxygen atoms in total. The van der Waals surface area contributed by atoms with Crippen molar-refractivity contribution in [2.75, 3.05) is 4.90 Å². The number of nitrogens with zero attached hydrogens (tertiary/aromatic N) is 1. The lowest BCUT2D eigenvalue weighted by Crippen LogP contribution is -2.54. The molecule has 1 N–H and O–H groups in total. The Balaban J connectivity index is 1.16. The number of aryl methyl sites for hydroxylation is 1. The second-order valence-corrected chi connectivity index (χ2v) is 11.8. The first kappa shape index (κ1) is 30.1. The van der Waals surface area contributed by atoms with Crippen molar-refractivity contribution in [3.05, 3.63) is 140 Å². The number of anilines is 1. The Hall–Kier alpha value is -4.92. The molecule has 224 valence electrons. The number of barbiturate groups is 1. The Bertz CT molecular complexity index is 1970. The third-order valence-corrected chi connectivity index (χ3v) is 8.25. The first-order valence-corrected chi connectivity index (χ1v) is 15.2. The van der Waals surface area contributed by atoms with Gasteiger partial charge in [-0.3, -0.25) is 14.9 Å². The molecule has 4 amide bonds. The number of carbonyl (C=O) groups is 3. The quantitative estimate of drug-likeness (QED) is 0.131. The molecule has 0 aliphatic carbocycles. The Morgan fingerprint density at radius 3 is 2.36 bits per heavy atom. The van der Waals surface area contributed by atoms with Gasteiger partial charge >= 0.3 is 6.03 Å². The summed E-state index contributed by atoms with van der Waals surface area (Å²) in [5.74, 6) is -0.524. The number of benzene rings is 5. The van der Waals surface area contributed by atoms with E-state index in [1.165, 1.54) is 6.08 Å². The molecule has 1 heterocycles. The van der Waals surface area contributed by atoms with Gasteiger partial charge in [0.05, 0.1) is 10.7 Å². The number of imide groups is 2. The third kappa shape index (κ3) is 6.62. The molecule has 5 aromatic rings. The number of rotatable bonds is 8. The number of hydrogen-bond acceptors (Lipinski definition) is 5. The highest BCUT2D eigenvalue weighted by Gasteiger charge is 2.36. The van der Waals surface area contributed by atoms with Gasteiger partial charge in [0, 0.05) is 10.0 Å². The van der Waals surface area contributed by atoms with E-state index in [0.29, 0.717) is 35.3 Å². The minimum Gasteiger partial charge on any atom is -0.489 e. The summed E-state index contributed by atoms with van der Waals surface area (Å²) in [4.78, 5) is 39.7. The molecular weight excluding hydrogens is 656 g/mol. The van der Waals surface area contributed by atoms with Gasteiger partial charge in [0.25, 0.3) is 11.8 Å². The van der Waals surface area contributed by atoms with E-state index < -0.39 is 17.8 Å². The summed E-state index contributed by atoms with van der Waals surface area (Å²) in [6.07, 6.45) is 1.40. The van der Waals surface area contributed by atoms with Crippen LogP contribution in [-0.4, -0.2) is 17.8 Å². The highest BCUT2D eigenvalue weighted by molar-refractivity contribution is 9.10. The van der Waals surface area contributed by atoms with Gasteiger partial charge in [0.15, 0.2) is 0 Å². The SMILES string of the molecule is Cc1ccc2ccccc2c1COc1ccc(/C=C2\C(=O)NC(=O)N(c3ccc(OCc4ccc(Br)cc4)cc3)C2=O)cc1Cl. The lowest BCUT2D eigenvalue weighted by molar-refractivity contribution is -0.122. The van der Waals surface area contributed by atoms with Crippen LogP contribution in [0.4, 0.5) is 10.5 Å². The van der Waals surface area contributed by atoms with Crippen molar-refractivity contribution in [1.29, 1.82) is 0 Å². The molecule has 1 fully saturated rings. The lowest BCUT2D eigenvalue weighted by Gasteiger charge is -2.26. The molecule has 45 heavy (non-hydrogen) atoms. The van der Waals surface area contributed by atoms with Crippen LogP contribution in [0, 0.1) is 6.92 Å². The van der Waals surface area contributed by atoms with Gasteiger partial charge in [-0.1, -0.05) is 82.1 Å². The highest BCUT2D eigenvalue weighted by Crippen LogP contribution is 2.31. The van der Waals surface area contributed by atoms with Crippen LogP contribution >= 0.6 is 27.5 Å². The van der Waals surface area contributed by atoms with E-state index in [9.17, 15) is 14.4 Å². The number of urea groups is 1. The van der Waals surface area contributed by atoms with Crippen LogP contribution in [0.25, 0.3) is 16.8 Å². The fraction of sp³-hybridized carbons (Fsp3) is 0.0833. The summed E-state index contributed by atoms with van der Waals surface area (Å²) in [5.41, 5.74) is 3.74. The topological polar surface area (TPSA) is 84.9 Å². The van der Waals surface area contributed by atoms with Crippen molar-refractivity contribution < 1.29 is 23.9 Å². The molecule has 0 aromatic heterocycles. The number of hydrogen-bond donors (Lipinski definition) is 1. The maximum Gasteiger partial charge on any atom is 0.335 e. The van der Waals surface area contributed by atoms with Crippen molar-refractivity contribution >= 4 is 67.9 Å². The molecule has 0 atom stereocenters. The lowest BCUT2D eigenvalue weighted by atomic mass is 10.0. The van der Waals surface area contributed by atoms with E-state index in [2.05, 4.69) is 45.5 Å². The Morgan fingerprint density at radius 2 is 1.60 bits per heavy atom. The average Bonchev–Trinajstić information content (AvgIpc) is 3.03. The van der Waals surface area contributed by atoms with Gasteiger partial charge in [-0.15, -0.1) is 0 Å². The summed E-state index contributed by atoms with van der Waals surface area (Å²) in [7, 11) is 0. The van der Waals surface area contributed by atoms with E-state index in [0.717, 1.165) is 36.8 Å². The fourth-order valence-electron chi connectivity index (χ4n) is 5.01. The molecule has 0 bridgehead atoms. The summed E-state index contributed by atoms with van der Waals surface area (Å²) < 4.78 is 12.9. The van der Waals surface area contributed by atoms with Crippen molar-refractivity contribution in [1.82, 2.24) is 5.32 Å². The minimum absolute atomic E-state index is 0.207. The van der Waals surface area contributed by atoms with E-state index in [4.69, 9.17) is 21.1 Å². The normalized spacial score (nSPS) is 14.2. The number of ether oxygens (including phenoxy) is 2. The van der Waals surface area contributed by atoms with Gasteiger partial charge in [-0.25, -0.2) is 9.69 Å². The zero-order chi connectivity index (χ0) is 31.5. The van der Waals surface area contributed by atoms with E-state index in [-0.39, 0.29) is 11.3 Å². The van der Waals surface area contributed by atoms with Crippen molar-refractivity contribution in [3.8, 4) is 11.5 Å². The molecule has 1 aliphatic heterocycles. The zero-order valence-electron chi connectivity index (χ0n) is 24.1. The molecular formula is C36H26BrClN2O5. The molecule has 0 spiro atoms. The predicted octanol–water partition coefficient (Wildman–Crippen LogP) is 8.39. The summed E-state index contributed by atoms with van der Waals surface area (Å²) in [5, 5.41) is 4.80. The Kier molecular flexibility index (Phi) is 8.69. The molecule has 5 aromatic carbocycles. The molecule has 6 rings (SSSR count). The standard InChI is InChI=1S/C36H26BrClN2O5/c1-22-6-10-25-4-2-3-5-29(25)31(22)21-45-33-17-9-24(19-32(33)38)18-30-34(41)39-36(43)40(35(30)42)27-13-15-28(16-14-27)44-20-23-7-11-26(37)12-8-23/h2-19H,20-21H2,1H3,(H,39,41,43)/b30-18+. The predicted molar refractivity (Wildman–Crippen MR) is 178 cm³/mol. The molecule has 9 heteroatoms. The summed E-state index contributed by atoms with van der Waals surface area (Å²) >= 11 is 9.97. The van der Waals surface area contributed by atoms with Gasteiger partial charge in [0.2, 0.25) is 0 Å². The third-order valence-electron chi connectivity index (χ3n) is 7.43. The van der Waals surface area contributed by atoms with Crippen LogP contribution in [0.3, 0.4) is 0 Å². The first-order valence-electron chi connectivity index (χ1n) is 14.1. The van der Waals surface area contributed by atoms with Crippen LogP contribution in [0.2, 0.25) is 5.02 Å². The number of halogens is 2. The van der Waals surface area contributed by atoms with Gasteiger partial charge in [-0.2, -0.15) is 0 Å². The van der Waals surface area contributed by atoms with Crippen molar-refractivity contribution in [2.24, 2.45) is 0 Å². The molecule has 1 saturated heterocycles.